The number of nitrogens with zero attached hydrogens (tertiary/aromatic N) is 1. The van der Waals surface area contributed by atoms with E-state index in [1.165, 1.54) is 17.7 Å². The fourth-order valence-corrected chi connectivity index (χ4v) is 3.68. The first kappa shape index (κ1) is 18.3. The number of aromatic nitrogens is 2. The van der Waals surface area contributed by atoms with E-state index in [4.69, 9.17) is 9.26 Å². The van der Waals surface area contributed by atoms with Gasteiger partial charge in [0.05, 0.1) is 5.56 Å². The molecule has 0 fully saturated rings. The molecular formula is C21H23N3O4. The minimum Gasteiger partial charge on any atom is -0.449 e. The molecule has 1 atom stereocenters. The highest BCUT2D eigenvalue weighted by Crippen LogP contribution is 2.30. The van der Waals surface area contributed by atoms with Crippen LogP contribution in [0.1, 0.15) is 53.6 Å². The number of rotatable bonds is 5. The number of aryl methyl sites for hydroxylation is 3. The van der Waals surface area contributed by atoms with Crippen molar-refractivity contribution in [2.75, 3.05) is 5.32 Å². The average Bonchev–Trinajstić information content (AvgIpc) is 3.28. The van der Waals surface area contributed by atoms with E-state index in [-0.39, 0.29) is 0 Å². The summed E-state index contributed by atoms with van der Waals surface area (Å²) in [6, 6.07) is 7.11. The van der Waals surface area contributed by atoms with Gasteiger partial charge in [0.1, 0.15) is 5.76 Å². The van der Waals surface area contributed by atoms with Gasteiger partial charge in [0.2, 0.25) is 0 Å². The summed E-state index contributed by atoms with van der Waals surface area (Å²) in [5.41, 5.74) is 4.04. The van der Waals surface area contributed by atoms with E-state index in [2.05, 4.69) is 15.5 Å². The van der Waals surface area contributed by atoms with Crippen LogP contribution >= 0.6 is 0 Å². The molecule has 7 nitrogen and oxygen atoms in total. The molecule has 1 aliphatic carbocycles. The number of esters is 1. The number of anilines is 1. The maximum atomic E-state index is 12.7. The summed E-state index contributed by atoms with van der Waals surface area (Å²) < 4.78 is 10.4. The Morgan fingerprint density at radius 2 is 2.11 bits per heavy atom. The lowest BCUT2D eigenvalue weighted by Crippen LogP contribution is -2.32. The first-order valence-corrected chi connectivity index (χ1v) is 9.63. The van der Waals surface area contributed by atoms with E-state index in [0.717, 1.165) is 30.2 Å². The minimum atomic E-state index is -0.902. The number of nitrogens with one attached hydrogen (secondary N) is 2. The minimum absolute atomic E-state index is 0.303. The molecular weight excluding hydrogens is 358 g/mol. The molecule has 0 aliphatic heterocycles. The quantitative estimate of drug-likeness (QED) is 0.653. The molecule has 0 spiro atoms. The second kappa shape index (κ2) is 7.50. The molecule has 4 rings (SSSR count). The van der Waals surface area contributed by atoms with E-state index < -0.39 is 18.0 Å². The van der Waals surface area contributed by atoms with Crippen molar-refractivity contribution in [2.24, 2.45) is 0 Å². The Labute approximate surface area is 162 Å². The topological polar surface area (TPSA) is 97.2 Å². The van der Waals surface area contributed by atoms with Gasteiger partial charge in [0.25, 0.3) is 5.91 Å². The van der Waals surface area contributed by atoms with Crippen molar-refractivity contribution >= 4 is 28.6 Å². The van der Waals surface area contributed by atoms with Crippen LogP contribution in [-0.2, 0) is 22.4 Å². The molecule has 2 aromatic heterocycles. The number of H-pyrrole nitrogens is 1. The second-order valence-corrected chi connectivity index (χ2v) is 7.16. The van der Waals surface area contributed by atoms with Crippen LogP contribution in [0.5, 0.6) is 0 Å². The Hall–Kier alpha value is -3.09. The van der Waals surface area contributed by atoms with E-state index in [1.807, 2.05) is 12.1 Å². The molecule has 0 saturated carbocycles. The number of fused-ring (bicyclic) bond motifs is 3. The van der Waals surface area contributed by atoms with Crippen molar-refractivity contribution in [1.29, 1.82) is 0 Å². The van der Waals surface area contributed by atoms with Crippen LogP contribution in [0.15, 0.2) is 28.8 Å². The lowest BCUT2D eigenvalue weighted by molar-refractivity contribution is -0.124. The number of ether oxygens (including phenoxy) is 1. The number of hydrogen-bond donors (Lipinski definition) is 2. The molecule has 0 radical (unpaired) electrons. The summed E-state index contributed by atoms with van der Waals surface area (Å²) in [7, 11) is 0. The number of hydrogen-bond acceptors (Lipinski definition) is 5. The van der Waals surface area contributed by atoms with Crippen molar-refractivity contribution in [3.63, 3.8) is 0 Å². The molecule has 1 unspecified atom stereocenters. The fourth-order valence-electron chi connectivity index (χ4n) is 3.68. The molecule has 3 aromatic rings. The van der Waals surface area contributed by atoms with Crippen LogP contribution in [0.25, 0.3) is 10.9 Å². The Balaban J connectivity index is 1.50. The third-order valence-corrected chi connectivity index (χ3v) is 5.13. The van der Waals surface area contributed by atoms with Crippen LogP contribution in [0.4, 0.5) is 5.82 Å². The molecule has 2 N–H and O–H groups in total. The zero-order valence-electron chi connectivity index (χ0n) is 16.0. The van der Waals surface area contributed by atoms with Crippen molar-refractivity contribution in [1.82, 2.24) is 10.1 Å². The third kappa shape index (κ3) is 3.52. The summed E-state index contributed by atoms with van der Waals surface area (Å²) in [4.78, 5) is 28.5. The van der Waals surface area contributed by atoms with Crippen LogP contribution in [0.2, 0.25) is 0 Å². The predicted octanol–water partition coefficient (Wildman–Crippen LogP) is 3.92. The largest absolute Gasteiger partial charge is 0.449 e. The summed E-state index contributed by atoms with van der Waals surface area (Å²) in [5, 5.41) is 7.41. The predicted molar refractivity (Wildman–Crippen MR) is 104 cm³/mol. The summed E-state index contributed by atoms with van der Waals surface area (Å²) in [6.45, 7) is 3.52. The van der Waals surface area contributed by atoms with Gasteiger partial charge in [-0.1, -0.05) is 12.1 Å². The van der Waals surface area contributed by atoms with Gasteiger partial charge in [-0.25, -0.2) is 4.79 Å². The average molecular weight is 381 g/mol. The molecule has 2 heterocycles. The maximum Gasteiger partial charge on any atom is 0.338 e. The number of carbonyl (C=O) groups is 2. The zero-order chi connectivity index (χ0) is 19.7. The third-order valence-electron chi connectivity index (χ3n) is 5.13. The van der Waals surface area contributed by atoms with Crippen LogP contribution < -0.4 is 5.32 Å². The lowest BCUT2D eigenvalue weighted by atomic mass is 9.95. The van der Waals surface area contributed by atoms with Gasteiger partial charge in [-0.15, -0.1) is 0 Å². The Kier molecular flexibility index (Phi) is 4.90. The number of benzene rings is 1. The molecule has 146 valence electrons. The van der Waals surface area contributed by atoms with Crippen LogP contribution in [0.3, 0.4) is 0 Å². The summed E-state index contributed by atoms with van der Waals surface area (Å²) >= 11 is 0. The fraction of sp³-hybridized carbons (Fsp3) is 0.381. The second-order valence-electron chi connectivity index (χ2n) is 7.16. The highest BCUT2D eigenvalue weighted by Gasteiger charge is 2.24. The molecule has 0 saturated heterocycles. The number of amides is 1. The van der Waals surface area contributed by atoms with Gasteiger partial charge in [0.15, 0.2) is 11.9 Å². The SMILES string of the molecule is CCC(OC(=O)c1ccc2[nH]c3c(c2c1)CCCC3)C(=O)Nc1cc(C)on1. The van der Waals surface area contributed by atoms with Crippen LogP contribution in [0, 0.1) is 6.92 Å². The number of carbonyl (C=O) groups excluding carboxylic acids is 2. The van der Waals surface area contributed by atoms with E-state index >= 15 is 0 Å². The molecule has 1 amide bonds. The Morgan fingerprint density at radius 1 is 1.29 bits per heavy atom. The van der Waals surface area contributed by atoms with Gasteiger partial charge < -0.3 is 19.6 Å². The molecule has 28 heavy (non-hydrogen) atoms. The van der Waals surface area contributed by atoms with Crippen molar-refractivity contribution in [2.45, 2.75) is 52.1 Å². The Bertz CT molecular complexity index is 1030. The number of aromatic amines is 1. The molecule has 1 aliphatic rings. The zero-order valence-corrected chi connectivity index (χ0v) is 16.0. The van der Waals surface area contributed by atoms with Gasteiger partial charge in [-0.3, -0.25) is 4.79 Å². The normalized spacial score (nSPS) is 14.5. The highest BCUT2D eigenvalue weighted by atomic mass is 16.5. The van der Waals surface area contributed by atoms with Gasteiger partial charge in [-0.2, -0.15) is 0 Å². The summed E-state index contributed by atoms with van der Waals surface area (Å²) in [5.74, 6) is -0.0453. The van der Waals surface area contributed by atoms with Crippen molar-refractivity contribution in [3.05, 3.63) is 46.8 Å². The van der Waals surface area contributed by atoms with E-state index in [1.54, 1.807) is 26.0 Å². The van der Waals surface area contributed by atoms with Gasteiger partial charge >= 0.3 is 5.97 Å². The van der Waals surface area contributed by atoms with Crippen molar-refractivity contribution < 1.29 is 18.8 Å². The van der Waals surface area contributed by atoms with Gasteiger partial charge in [-0.05, 0) is 62.8 Å². The Morgan fingerprint density at radius 3 is 2.86 bits per heavy atom. The monoisotopic (exact) mass is 381 g/mol. The van der Waals surface area contributed by atoms with E-state index in [0.29, 0.717) is 23.6 Å². The standard InChI is InChI=1S/C21H23N3O4/c1-3-18(20(25)23-19-10-12(2)28-24-19)27-21(26)13-8-9-17-15(11-13)14-6-4-5-7-16(14)22-17/h8-11,18,22H,3-7H2,1-2H3,(H,23,24,25). The highest BCUT2D eigenvalue weighted by molar-refractivity contribution is 5.99. The smallest absolute Gasteiger partial charge is 0.338 e. The van der Waals surface area contributed by atoms with E-state index in [9.17, 15) is 9.59 Å². The van der Waals surface area contributed by atoms with Crippen LogP contribution in [-0.4, -0.2) is 28.1 Å². The van der Waals surface area contributed by atoms with Gasteiger partial charge in [0, 0.05) is 22.7 Å². The first-order chi connectivity index (χ1) is 13.5. The first-order valence-electron chi connectivity index (χ1n) is 9.63. The lowest BCUT2D eigenvalue weighted by Gasteiger charge is -2.15. The summed E-state index contributed by atoms with van der Waals surface area (Å²) in [6.07, 6.45) is 3.87. The van der Waals surface area contributed by atoms with Crippen molar-refractivity contribution in [3.8, 4) is 0 Å². The molecule has 0 bridgehead atoms. The maximum absolute atomic E-state index is 12.7. The molecule has 7 heteroatoms. The molecule has 1 aromatic carbocycles.